The minimum atomic E-state index is -4.39. The molecule has 0 atom stereocenters. The molecule has 1 aliphatic rings. The van der Waals surface area contributed by atoms with E-state index in [1.807, 2.05) is 4.90 Å². The van der Waals surface area contributed by atoms with E-state index < -0.39 is 11.7 Å². The van der Waals surface area contributed by atoms with Gasteiger partial charge in [0.05, 0.1) is 11.3 Å². The number of hydrogen-bond donors (Lipinski definition) is 1. The van der Waals surface area contributed by atoms with Crippen molar-refractivity contribution in [1.82, 2.24) is 4.90 Å². The number of halogens is 3. The normalized spacial score (nSPS) is 14.4. The molecule has 1 aliphatic heterocycles. The zero-order valence-corrected chi connectivity index (χ0v) is 16.4. The number of benzene rings is 2. The Hall–Kier alpha value is -3.23. The molecule has 0 aliphatic carbocycles. The van der Waals surface area contributed by atoms with Crippen molar-refractivity contribution in [3.05, 3.63) is 54.1 Å². The van der Waals surface area contributed by atoms with Crippen LogP contribution in [-0.4, -0.2) is 49.5 Å². The molecule has 1 saturated heterocycles. The topological polar surface area (TPSA) is 61.9 Å². The van der Waals surface area contributed by atoms with Gasteiger partial charge in [0.1, 0.15) is 5.75 Å². The number of carbonyl (C=O) groups is 2. The summed E-state index contributed by atoms with van der Waals surface area (Å²) in [5.41, 5.74) is 0.273. The van der Waals surface area contributed by atoms with Crippen molar-refractivity contribution in [1.29, 1.82) is 0 Å². The number of ether oxygens (including phenoxy) is 1. The first-order valence-corrected chi connectivity index (χ1v) is 9.43. The summed E-state index contributed by atoms with van der Waals surface area (Å²) in [5, 5.41) is 2.64. The third-order valence-corrected chi connectivity index (χ3v) is 4.72. The molecule has 0 bridgehead atoms. The highest BCUT2D eigenvalue weighted by Gasteiger charge is 2.31. The van der Waals surface area contributed by atoms with E-state index in [0.717, 1.165) is 12.1 Å². The van der Waals surface area contributed by atoms with Crippen LogP contribution in [0.5, 0.6) is 5.75 Å². The third kappa shape index (κ3) is 5.43. The Bertz CT molecular complexity index is 910. The molecule has 3 rings (SSSR count). The average Bonchev–Trinajstić information content (AvgIpc) is 2.72. The summed E-state index contributed by atoms with van der Waals surface area (Å²) in [7, 11) is 0. The van der Waals surface area contributed by atoms with E-state index in [4.69, 9.17) is 4.74 Å². The quantitative estimate of drug-likeness (QED) is 0.804. The van der Waals surface area contributed by atoms with Crippen LogP contribution in [0.1, 0.15) is 12.5 Å². The summed E-state index contributed by atoms with van der Waals surface area (Å²) in [4.78, 5) is 27.2. The highest BCUT2D eigenvalue weighted by Crippen LogP contribution is 2.32. The number of rotatable bonds is 5. The summed E-state index contributed by atoms with van der Waals surface area (Å²) < 4.78 is 44.3. The molecule has 2 amide bonds. The van der Waals surface area contributed by atoms with E-state index in [9.17, 15) is 22.8 Å². The van der Waals surface area contributed by atoms with Gasteiger partial charge in [-0.2, -0.15) is 13.2 Å². The van der Waals surface area contributed by atoms with Gasteiger partial charge in [0, 0.05) is 38.8 Å². The third-order valence-electron chi connectivity index (χ3n) is 4.72. The van der Waals surface area contributed by atoms with Crippen LogP contribution in [-0.2, 0) is 15.8 Å². The number of nitrogens with one attached hydrogen (secondary N) is 1. The minimum Gasteiger partial charge on any atom is -0.482 e. The van der Waals surface area contributed by atoms with Crippen LogP contribution in [0.25, 0.3) is 0 Å². The van der Waals surface area contributed by atoms with Crippen LogP contribution in [0, 0.1) is 0 Å². The van der Waals surface area contributed by atoms with Gasteiger partial charge in [-0.25, -0.2) is 0 Å². The molecule has 0 saturated carbocycles. The summed E-state index contributed by atoms with van der Waals surface area (Å²) in [5.74, 6) is -0.0805. The van der Waals surface area contributed by atoms with Gasteiger partial charge in [0.25, 0.3) is 5.91 Å². The van der Waals surface area contributed by atoms with Crippen LogP contribution in [0.3, 0.4) is 0 Å². The smallest absolute Gasteiger partial charge is 0.416 e. The number of alkyl halides is 3. The Morgan fingerprint density at radius 1 is 1.03 bits per heavy atom. The summed E-state index contributed by atoms with van der Waals surface area (Å²) >= 11 is 0. The van der Waals surface area contributed by atoms with Crippen LogP contribution in [0.2, 0.25) is 0 Å². The second-order valence-corrected chi connectivity index (χ2v) is 6.88. The molecule has 160 valence electrons. The lowest BCUT2D eigenvalue weighted by atomic mass is 10.1. The van der Waals surface area contributed by atoms with E-state index in [1.165, 1.54) is 13.0 Å². The van der Waals surface area contributed by atoms with Crippen LogP contribution in [0.4, 0.5) is 24.5 Å². The van der Waals surface area contributed by atoms with Crippen molar-refractivity contribution in [3.63, 3.8) is 0 Å². The highest BCUT2D eigenvalue weighted by molar-refractivity contribution is 5.90. The van der Waals surface area contributed by atoms with Gasteiger partial charge >= 0.3 is 6.18 Å². The fourth-order valence-electron chi connectivity index (χ4n) is 3.21. The van der Waals surface area contributed by atoms with E-state index in [0.29, 0.717) is 43.3 Å². The van der Waals surface area contributed by atoms with Gasteiger partial charge in [0.2, 0.25) is 5.91 Å². The van der Waals surface area contributed by atoms with Crippen molar-refractivity contribution in [2.45, 2.75) is 13.1 Å². The lowest BCUT2D eigenvalue weighted by Crippen LogP contribution is -2.50. The van der Waals surface area contributed by atoms with Gasteiger partial charge in [-0.05, 0) is 30.3 Å². The van der Waals surface area contributed by atoms with Crippen molar-refractivity contribution in [2.75, 3.05) is 43.0 Å². The largest absolute Gasteiger partial charge is 0.482 e. The van der Waals surface area contributed by atoms with E-state index in [1.54, 1.807) is 35.2 Å². The summed E-state index contributed by atoms with van der Waals surface area (Å²) in [6.45, 7) is 2.80. The molecule has 6 nitrogen and oxygen atoms in total. The molecular formula is C21H22F3N3O3. The van der Waals surface area contributed by atoms with E-state index in [2.05, 4.69) is 5.32 Å². The van der Waals surface area contributed by atoms with E-state index >= 15 is 0 Å². The number of nitrogens with zero attached hydrogens (tertiary/aromatic N) is 2. The van der Waals surface area contributed by atoms with Gasteiger partial charge in [-0.15, -0.1) is 0 Å². The van der Waals surface area contributed by atoms with Gasteiger partial charge < -0.3 is 19.9 Å². The lowest BCUT2D eigenvalue weighted by Gasteiger charge is -2.36. The molecule has 2 aromatic carbocycles. The molecule has 2 aromatic rings. The number of carbonyl (C=O) groups excluding carboxylic acids is 2. The monoisotopic (exact) mass is 421 g/mol. The Labute approximate surface area is 172 Å². The van der Waals surface area contributed by atoms with Crippen molar-refractivity contribution < 1.29 is 27.5 Å². The predicted molar refractivity (Wildman–Crippen MR) is 106 cm³/mol. The standard InChI is InChI=1S/C21H22F3N3O3/c1-15(28)25-18-7-2-3-8-19(18)30-14-20(29)27-11-9-26(10-12-27)17-6-4-5-16(13-17)21(22,23)24/h2-8,13H,9-12,14H2,1H3,(H,25,28). The number of para-hydroxylation sites is 2. The second kappa shape index (κ2) is 9.06. The molecule has 0 aromatic heterocycles. The highest BCUT2D eigenvalue weighted by atomic mass is 19.4. The Kier molecular flexibility index (Phi) is 6.49. The molecule has 0 radical (unpaired) electrons. The molecule has 1 heterocycles. The van der Waals surface area contributed by atoms with Gasteiger partial charge in [0.15, 0.2) is 6.61 Å². The molecule has 1 N–H and O–H groups in total. The second-order valence-electron chi connectivity index (χ2n) is 6.88. The van der Waals surface area contributed by atoms with Gasteiger partial charge in [-0.1, -0.05) is 18.2 Å². The SMILES string of the molecule is CC(=O)Nc1ccccc1OCC(=O)N1CCN(c2cccc(C(F)(F)F)c2)CC1. The Balaban J connectivity index is 1.55. The minimum absolute atomic E-state index is 0.194. The average molecular weight is 421 g/mol. The Morgan fingerprint density at radius 2 is 1.73 bits per heavy atom. The van der Waals surface area contributed by atoms with Crippen molar-refractivity contribution in [3.8, 4) is 5.75 Å². The fourth-order valence-corrected chi connectivity index (χ4v) is 3.21. The fraction of sp³-hybridized carbons (Fsp3) is 0.333. The zero-order chi connectivity index (χ0) is 21.7. The van der Waals surface area contributed by atoms with Crippen molar-refractivity contribution in [2.24, 2.45) is 0 Å². The number of hydrogen-bond acceptors (Lipinski definition) is 4. The molecule has 0 spiro atoms. The van der Waals surface area contributed by atoms with Gasteiger partial charge in [-0.3, -0.25) is 9.59 Å². The maximum atomic E-state index is 12.9. The maximum Gasteiger partial charge on any atom is 0.416 e. The number of piperazine rings is 1. The summed E-state index contributed by atoms with van der Waals surface area (Å²) in [6, 6.07) is 12.0. The molecular weight excluding hydrogens is 399 g/mol. The molecule has 1 fully saturated rings. The van der Waals surface area contributed by atoms with Crippen LogP contribution < -0.4 is 15.0 Å². The van der Waals surface area contributed by atoms with Crippen LogP contribution >= 0.6 is 0 Å². The molecule has 0 unspecified atom stereocenters. The predicted octanol–water partition coefficient (Wildman–Crippen LogP) is 3.39. The van der Waals surface area contributed by atoms with E-state index in [-0.39, 0.29) is 18.4 Å². The number of anilines is 2. The first-order chi connectivity index (χ1) is 14.2. The number of amides is 2. The van der Waals surface area contributed by atoms with Crippen molar-refractivity contribution >= 4 is 23.2 Å². The zero-order valence-electron chi connectivity index (χ0n) is 16.4. The maximum absolute atomic E-state index is 12.9. The first kappa shape index (κ1) is 21.5. The first-order valence-electron chi connectivity index (χ1n) is 9.43. The molecule has 30 heavy (non-hydrogen) atoms. The lowest BCUT2D eigenvalue weighted by molar-refractivity contribution is -0.137. The molecule has 9 heteroatoms. The van der Waals surface area contributed by atoms with Crippen LogP contribution in [0.15, 0.2) is 48.5 Å². The Morgan fingerprint density at radius 3 is 2.40 bits per heavy atom. The summed E-state index contributed by atoms with van der Waals surface area (Å²) in [6.07, 6.45) is -4.39.